The number of hydrogen-bond donors (Lipinski definition) is 0. The second kappa shape index (κ2) is 7.05. The van der Waals surface area contributed by atoms with Crippen LogP contribution in [-0.4, -0.2) is 46.8 Å². The minimum atomic E-state index is -0.195. The molecule has 3 rings (SSSR count). The van der Waals surface area contributed by atoms with Crippen molar-refractivity contribution >= 4 is 23.2 Å². The average molecular weight is 347 g/mol. The molecule has 1 saturated heterocycles. The first-order valence-corrected chi connectivity index (χ1v) is 8.34. The van der Waals surface area contributed by atoms with E-state index >= 15 is 0 Å². The van der Waals surface area contributed by atoms with Crippen LogP contribution in [0.15, 0.2) is 41.2 Å². The zero-order valence-electron chi connectivity index (χ0n) is 13.5. The van der Waals surface area contributed by atoms with Crippen molar-refractivity contribution in [1.29, 1.82) is 0 Å². The standard InChI is InChI=1S/C17H19ClN4O2/c1-2-22-16(23)7-6-15(19-22)17(24)21-10-8-20(9-11-21)14-5-3-4-13(18)12-14/h3-7,12H,2,8-11H2,1H3. The number of aryl methyl sites for hydroxylation is 1. The van der Waals surface area contributed by atoms with E-state index in [2.05, 4.69) is 10.00 Å². The fourth-order valence-corrected chi connectivity index (χ4v) is 2.98. The monoisotopic (exact) mass is 346 g/mol. The summed E-state index contributed by atoms with van der Waals surface area (Å²) < 4.78 is 1.30. The van der Waals surface area contributed by atoms with E-state index in [0.29, 0.717) is 30.4 Å². The number of benzene rings is 1. The number of piperazine rings is 1. The number of aromatic nitrogens is 2. The highest BCUT2D eigenvalue weighted by Crippen LogP contribution is 2.21. The molecule has 1 aromatic heterocycles. The van der Waals surface area contributed by atoms with Gasteiger partial charge in [-0.05, 0) is 31.2 Å². The van der Waals surface area contributed by atoms with E-state index in [4.69, 9.17) is 11.6 Å². The van der Waals surface area contributed by atoms with E-state index < -0.39 is 0 Å². The Morgan fingerprint density at radius 1 is 1.17 bits per heavy atom. The van der Waals surface area contributed by atoms with Gasteiger partial charge in [-0.25, -0.2) is 4.68 Å². The lowest BCUT2D eigenvalue weighted by Crippen LogP contribution is -2.49. The second-order valence-electron chi connectivity index (χ2n) is 5.63. The van der Waals surface area contributed by atoms with Gasteiger partial charge in [0, 0.05) is 49.5 Å². The summed E-state index contributed by atoms with van der Waals surface area (Å²) in [5, 5.41) is 4.84. The largest absolute Gasteiger partial charge is 0.368 e. The van der Waals surface area contributed by atoms with Crippen LogP contribution in [0, 0.1) is 0 Å². The van der Waals surface area contributed by atoms with Gasteiger partial charge in [0.15, 0.2) is 0 Å². The molecule has 0 spiro atoms. The molecule has 0 radical (unpaired) electrons. The summed E-state index contributed by atoms with van der Waals surface area (Å²) in [4.78, 5) is 28.1. The van der Waals surface area contributed by atoms with Gasteiger partial charge in [-0.15, -0.1) is 0 Å². The first kappa shape index (κ1) is 16.5. The van der Waals surface area contributed by atoms with Crippen LogP contribution < -0.4 is 10.5 Å². The first-order valence-electron chi connectivity index (χ1n) is 7.96. The van der Waals surface area contributed by atoms with Crippen molar-refractivity contribution in [1.82, 2.24) is 14.7 Å². The Bertz CT molecular complexity index is 797. The molecule has 2 aromatic rings. The summed E-state index contributed by atoms with van der Waals surface area (Å²) in [6.45, 7) is 4.96. The molecule has 126 valence electrons. The average Bonchev–Trinajstić information content (AvgIpc) is 2.62. The van der Waals surface area contributed by atoms with Crippen LogP contribution in [0.2, 0.25) is 5.02 Å². The van der Waals surface area contributed by atoms with Crippen molar-refractivity contribution in [3.63, 3.8) is 0 Å². The highest BCUT2D eigenvalue weighted by Gasteiger charge is 2.23. The van der Waals surface area contributed by atoms with E-state index in [-0.39, 0.29) is 11.5 Å². The fourth-order valence-electron chi connectivity index (χ4n) is 2.79. The second-order valence-corrected chi connectivity index (χ2v) is 6.07. The van der Waals surface area contributed by atoms with Gasteiger partial charge in [0.25, 0.3) is 11.5 Å². The van der Waals surface area contributed by atoms with Crippen molar-refractivity contribution in [3.8, 4) is 0 Å². The Morgan fingerprint density at radius 3 is 2.58 bits per heavy atom. The van der Waals surface area contributed by atoms with E-state index in [1.807, 2.05) is 31.2 Å². The lowest BCUT2D eigenvalue weighted by Gasteiger charge is -2.36. The number of nitrogens with zero attached hydrogens (tertiary/aromatic N) is 4. The zero-order chi connectivity index (χ0) is 17.1. The Kier molecular flexibility index (Phi) is 4.85. The normalized spacial score (nSPS) is 14.8. The van der Waals surface area contributed by atoms with E-state index in [1.165, 1.54) is 16.8 Å². The molecule has 1 aliphatic heterocycles. The van der Waals surface area contributed by atoms with E-state index in [0.717, 1.165) is 18.8 Å². The number of amides is 1. The van der Waals surface area contributed by atoms with Gasteiger partial charge in [0.2, 0.25) is 0 Å². The van der Waals surface area contributed by atoms with Crippen LogP contribution in [0.1, 0.15) is 17.4 Å². The number of halogens is 1. The maximum atomic E-state index is 12.6. The Balaban J connectivity index is 1.68. The van der Waals surface area contributed by atoms with Crippen LogP contribution in [0.25, 0.3) is 0 Å². The molecule has 0 bridgehead atoms. The van der Waals surface area contributed by atoms with Gasteiger partial charge >= 0.3 is 0 Å². The van der Waals surface area contributed by atoms with Crippen molar-refractivity contribution in [2.75, 3.05) is 31.1 Å². The molecule has 0 atom stereocenters. The van der Waals surface area contributed by atoms with Crippen LogP contribution in [0.4, 0.5) is 5.69 Å². The van der Waals surface area contributed by atoms with Crippen molar-refractivity contribution < 1.29 is 4.79 Å². The zero-order valence-corrected chi connectivity index (χ0v) is 14.2. The third-order valence-electron chi connectivity index (χ3n) is 4.13. The molecule has 24 heavy (non-hydrogen) atoms. The third kappa shape index (κ3) is 3.43. The van der Waals surface area contributed by atoms with Crippen molar-refractivity contribution in [2.45, 2.75) is 13.5 Å². The van der Waals surface area contributed by atoms with Crippen LogP contribution >= 0.6 is 11.6 Å². The molecule has 2 heterocycles. The molecule has 0 saturated carbocycles. The Labute approximate surface area is 145 Å². The summed E-state index contributed by atoms with van der Waals surface area (Å²) in [5.41, 5.74) is 1.18. The predicted molar refractivity (Wildman–Crippen MR) is 93.7 cm³/mol. The van der Waals surface area contributed by atoms with Gasteiger partial charge in [0.1, 0.15) is 5.69 Å². The first-order chi connectivity index (χ1) is 11.6. The Hall–Kier alpha value is -2.34. The SMILES string of the molecule is CCn1nc(C(=O)N2CCN(c3cccc(Cl)c3)CC2)ccc1=O. The fraction of sp³-hybridized carbons (Fsp3) is 0.353. The predicted octanol–water partition coefficient (Wildman–Crippen LogP) is 1.88. The molecule has 1 aromatic carbocycles. The summed E-state index contributed by atoms with van der Waals surface area (Å²) in [7, 11) is 0. The molecule has 1 amide bonds. The smallest absolute Gasteiger partial charge is 0.274 e. The lowest BCUT2D eigenvalue weighted by atomic mass is 10.2. The molecule has 1 fully saturated rings. The number of anilines is 1. The number of hydrogen-bond acceptors (Lipinski definition) is 4. The number of rotatable bonds is 3. The summed E-state index contributed by atoms with van der Waals surface area (Å²) in [6, 6.07) is 10.6. The van der Waals surface area contributed by atoms with Gasteiger partial charge in [-0.2, -0.15) is 5.10 Å². The lowest BCUT2D eigenvalue weighted by molar-refractivity contribution is 0.0738. The van der Waals surface area contributed by atoms with Gasteiger partial charge in [-0.1, -0.05) is 17.7 Å². The van der Waals surface area contributed by atoms with Gasteiger partial charge < -0.3 is 9.80 Å². The molecule has 6 nitrogen and oxygen atoms in total. The molecule has 0 N–H and O–H groups in total. The maximum Gasteiger partial charge on any atom is 0.274 e. The highest BCUT2D eigenvalue weighted by atomic mass is 35.5. The minimum absolute atomic E-state index is 0.136. The van der Waals surface area contributed by atoms with Crippen molar-refractivity contribution in [2.24, 2.45) is 0 Å². The maximum absolute atomic E-state index is 12.6. The summed E-state index contributed by atoms with van der Waals surface area (Å²) in [6.07, 6.45) is 0. The van der Waals surface area contributed by atoms with E-state index in [1.54, 1.807) is 4.90 Å². The molecule has 0 unspecified atom stereocenters. The molecular formula is C17H19ClN4O2. The van der Waals surface area contributed by atoms with Crippen LogP contribution in [-0.2, 0) is 6.54 Å². The number of carbonyl (C=O) groups is 1. The highest BCUT2D eigenvalue weighted by molar-refractivity contribution is 6.30. The third-order valence-corrected chi connectivity index (χ3v) is 4.36. The molecule has 0 aliphatic carbocycles. The molecular weight excluding hydrogens is 328 g/mol. The number of carbonyl (C=O) groups excluding carboxylic acids is 1. The van der Waals surface area contributed by atoms with Gasteiger partial charge in [0.05, 0.1) is 0 Å². The van der Waals surface area contributed by atoms with Crippen LogP contribution in [0.3, 0.4) is 0 Å². The summed E-state index contributed by atoms with van der Waals surface area (Å²) in [5.74, 6) is -0.136. The van der Waals surface area contributed by atoms with Gasteiger partial charge in [-0.3, -0.25) is 9.59 Å². The van der Waals surface area contributed by atoms with E-state index in [9.17, 15) is 9.59 Å². The summed E-state index contributed by atoms with van der Waals surface area (Å²) >= 11 is 6.04. The molecule has 7 heteroatoms. The topological polar surface area (TPSA) is 58.4 Å². The molecule has 1 aliphatic rings. The van der Waals surface area contributed by atoms with Crippen LogP contribution in [0.5, 0.6) is 0 Å². The van der Waals surface area contributed by atoms with Crippen molar-refractivity contribution in [3.05, 3.63) is 57.5 Å². The quantitative estimate of drug-likeness (QED) is 0.851. The minimum Gasteiger partial charge on any atom is -0.368 e. The Morgan fingerprint density at radius 2 is 1.92 bits per heavy atom.